The van der Waals surface area contributed by atoms with E-state index in [1.165, 1.54) is 12.1 Å². The van der Waals surface area contributed by atoms with E-state index in [2.05, 4.69) is 44.8 Å². The van der Waals surface area contributed by atoms with E-state index >= 15 is 26.3 Å². The van der Waals surface area contributed by atoms with Crippen LogP contribution < -0.4 is 0 Å². The quantitative estimate of drug-likeness (QED) is 0.0682. The monoisotopic (exact) mass is 757 g/mol. The van der Waals surface area contributed by atoms with E-state index in [1.54, 1.807) is 0 Å². The largest absolute Gasteiger partial charge is 0.385 e. The molecule has 10 nitrogen and oxygen atoms in total. The molecule has 3 aromatic heterocycles. The molecule has 0 amide bonds. The van der Waals surface area contributed by atoms with Crippen molar-refractivity contribution in [2.75, 3.05) is 0 Å². The first-order chi connectivity index (χ1) is 25.7. The Balaban J connectivity index is 1.59. The van der Waals surface area contributed by atoms with Gasteiger partial charge >= 0.3 is 5.69 Å². The molecule has 0 saturated carbocycles. The van der Waals surface area contributed by atoms with Crippen molar-refractivity contribution in [1.29, 1.82) is 5.39 Å². The van der Waals surface area contributed by atoms with Crippen LogP contribution >= 0.6 is 0 Å². The Morgan fingerprint density at radius 1 is 0.389 bits per heavy atom. The van der Waals surface area contributed by atoms with Crippen molar-refractivity contribution in [2.45, 2.75) is 0 Å². The highest BCUT2D eigenvalue weighted by atomic mass is 19.2. The van der Waals surface area contributed by atoms with Crippen LogP contribution in [0.4, 0.5) is 58.4 Å². The van der Waals surface area contributed by atoms with Gasteiger partial charge in [-0.05, 0) is 6.07 Å². The van der Waals surface area contributed by atoms with Crippen LogP contribution in [0.3, 0.4) is 0 Å². The fourth-order valence-corrected chi connectivity index (χ4v) is 6.18. The first kappa shape index (κ1) is 32.7. The average molecular weight is 757 g/mol. The molecular formula is C32H5F12N10+. The maximum Gasteiger partial charge on any atom is 0.385 e. The zero-order valence-corrected chi connectivity index (χ0v) is 25.3. The number of halogens is 12. The molecular weight excluding hydrogens is 752 g/mol. The van der Waals surface area contributed by atoms with Crippen LogP contribution in [-0.4, -0.2) is 39.9 Å². The number of rotatable bonds is 0. The number of fused-ring (bicyclic) bond motifs is 20. The molecule has 0 fully saturated rings. The Morgan fingerprint density at radius 2 is 0.741 bits per heavy atom. The molecule has 9 rings (SSSR count). The van der Waals surface area contributed by atoms with Crippen LogP contribution in [0.25, 0.3) is 94.7 Å². The number of nitrogens with one attached hydrogen (secondary N) is 2. The van der Waals surface area contributed by atoms with E-state index in [4.69, 9.17) is 0 Å². The summed E-state index contributed by atoms with van der Waals surface area (Å²) >= 11 is 0. The molecule has 22 heteroatoms. The van der Waals surface area contributed by atoms with Crippen LogP contribution in [0.5, 0.6) is 0 Å². The summed E-state index contributed by atoms with van der Waals surface area (Å²) in [6, 6.07) is 3.48. The Bertz CT molecular complexity index is 3170. The van der Waals surface area contributed by atoms with Gasteiger partial charge < -0.3 is 9.97 Å². The van der Waals surface area contributed by atoms with Crippen molar-refractivity contribution in [3.05, 3.63) is 93.0 Å². The first-order valence-corrected chi connectivity index (χ1v) is 14.6. The highest BCUT2D eigenvalue weighted by Gasteiger charge is 2.35. The molecule has 7 aromatic rings. The predicted molar refractivity (Wildman–Crippen MR) is 160 cm³/mol. The summed E-state index contributed by atoms with van der Waals surface area (Å²) in [5, 5.41) is 4.46. The Morgan fingerprint density at radius 3 is 1.20 bits per heavy atom. The summed E-state index contributed by atoms with van der Waals surface area (Å²) in [5.41, 5.74) is -6.93. The Hall–Kier alpha value is -7.18. The summed E-state index contributed by atoms with van der Waals surface area (Å²) in [5.74, 6) is -30.1. The molecule has 0 unspecified atom stereocenters. The molecule has 5 heterocycles. The molecule has 0 atom stereocenters. The zero-order valence-electron chi connectivity index (χ0n) is 25.3. The predicted octanol–water partition coefficient (Wildman–Crippen LogP) is 9.02. The second-order valence-corrected chi connectivity index (χ2v) is 11.5. The first-order valence-electron chi connectivity index (χ1n) is 14.6. The topological polar surface area (TPSA) is 137 Å². The Kier molecular flexibility index (Phi) is 6.61. The second-order valence-electron chi connectivity index (χ2n) is 11.5. The van der Waals surface area contributed by atoms with Gasteiger partial charge in [0.2, 0.25) is 5.39 Å². The third kappa shape index (κ3) is 4.16. The van der Waals surface area contributed by atoms with E-state index in [0.29, 0.717) is 0 Å². The lowest BCUT2D eigenvalue weighted by molar-refractivity contribution is 0.412. The van der Waals surface area contributed by atoms with Crippen LogP contribution in [0.1, 0.15) is 0 Å². The number of diazo groups is 1. The van der Waals surface area contributed by atoms with Crippen molar-refractivity contribution >= 4 is 49.8 Å². The molecule has 266 valence electrons. The molecule has 54 heavy (non-hydrogen) atoms. The number of aromatic amines is 2. The molecule has 0 aliphatic carbocycles. The number of aromatic nitrogens is 8. The molecule has 8 bridgehead atoms. The molecule has 4 aromatic carbocycles. The fourth-order valence-electron chi connectivity index (χ4n) is 6.18. The van der Waals surface area contributed by atoms with Crippen molar-refractivity contribution < 1.29 is 52.7 Å². The third-order valence-electron chi connectivity index (χ3n) is 8.56. The summed E-state index contributed by atoms with van der Waals surface area (Å²) in [4.78, 5) is 31.0. The minimum absolute atomic E-state index is 0.0746. The van der Waals surface area contributed by atoms with Crippen molar-refractivity contribution in [3.8, 4) is 45.6 Å². The van der Waals surface area contributed by atoms with Gasteiger partial charge in [0.25, 0.3) is 0 Å². The number of nitrogens with zero attached hydrogens (tertiary/aromatic N) is 8. The number of benzene rings is 4. The zero-order chi connectivity index (χ0) is 38.2. The fraction of sp³-hybridized carbons (Fsp3) is 0. The number of hydrogen-bond acceptors (Lipinski definition) is 7. The van der Waals surface area contributed by atoms with E-state index < -0.39 is 148 Å². The van der Waals surface area contributed by atoms with Gasteiger partial charge in [-0.15, -0.1) is 0 Å². The maximum atomic E-state index is 15.5. The summed E-state index contributed by atoms with van der Waals surface area (Å²) in [6.45, 7) is 0. The van der Waals surface area contributed by atoms with Crippen LogP contribution in [0.15, 0.2) is 18.2 Å². The lowest BCUT2D eigenvalue weighted by atomic mass is 10.1. The second kappa shape index (κ2) is 10.9. The highest BCUT2D eigenvalue weighted by molar-refractivity contribution is 6.09. The highest BCUT2D eigenvalue weighted by Crippen LogP contribution is 2.43. The van der Waals surface area contributed by atoms with Gasteiger partial charge in [-0.3, -0.25) is 0 Å². The lowest BCUT2D eigenvalue weighted by Crippen LogP contribution is -2.01. The summed E-state index contributed by atoms with van der Waals surface area (Å²) < 4.78 is 180. The number of hydrogen-bond donors (Lipinski definition) is 2. The summed E-state index contributed by atoms with van der Waals surface area (Å²) in [7, 11) is 0. The molecule has 2 aliphatic heterocycles. The van der Waals surface area contributed by atoms with Gasteiger partial charge in [0, 0.05) is 23.3 Å². The lowest BCUT2D eigenvalue weighted by Gasteiger charge is -2.05. The van der Waals surface area contributed by atoms with Crippen LogP contribution in [0.2, 0.25) is 0 Å². The van der Waals surface area contributed by atoms with Crippen LogP contribution in [0, 0.1) is 75.2 Å². The van der Waals surface area contributed by atoms with Gasteiger partial charge in [-0.2, -0.15) is 0 Å². The minimum atomic E-state index is -2.43. The van der Waals surface area contributed by atoms with Gasteiger partial charge in [-0.25, -0.2) is 82.6 Å². The molecule has 2 N–H and O–H groups in total. The molecule has 0 saturated heterocycles. The van der Waals surface area contributed by atoms with Crippen molar-refractivity contribution in [1.82, 2.24) is 39.9 Å². The SMILES string of the molecule is N#[N+]c1ccc2c(c1)-c1nc-2nc2[nH]c(nc3[nH]c(nc4nc(n1)-c1c(F)c(F)c(F)c(F)c1-4)c1c(F)c(F)c(F)c(F)c31)c1c(F)c(F)c(F)c(F)c21. The smallest absolute Gasteiger partial charge is 0.324 e. The third-order valence-corrected chi connectivity index (χ3v) is 8.56. The van der Waals surface area contributed by atoms with E-state index in [0.717, 1.165) is 6.07 Å². The van der Waals surface area contributed by atoms with Gasteiger partial charge in [0.05, 0.1) is 32.7 Å². The molecule has 0 spiro atoms. The normalized spacial score (nSPS) is 12.1. The van der Waals surface area contributed by atoms with Crippen LogP contribution in [-0.2, 0) is 0 Å². The van der Waals surface area contributed by atoms with Crippen molar-refractivity contribution in [2.24, 2.45) is 0 Å². The maximum absolute atomic E-state index is 15.5. The van der Waals surface area contributed by atoms with Gasteiger partial charge in [0.1, 0.15) is 22.6 Å². The van der Waals surface area contributed by atoms with Gasteiger partial charge in [0.15, 0.2) is 98.1 Å². The average Bonchev–Trinajstić information content (AvgIpc) is 3.90. The van der Waals surface area contributed by atoms with E-state index in [-0.39, 0.29) is 16.8 Å². The van der Waals surface area contributed by atoms with Gasteiger partial charge in [-0.1, -0.05) is 0 Å². The van der Waals surface area contributed by atoms with E-state index in [9.17, 15) is 31.7 Å². The van der Waals surface area contributed by atoms with Crippen molar-refractivity contribution in [3.63, 3.8) is 0 Å². The Labute approximate surface area is 286 Å². The molecule has 0 radical (unpaired) electrons. The summed E-state index contributed by atoms with van der Waals surface area (Å²) in [6.07, 6.45) is 0. The minimum Gasteiger partial charge on any atom is -0.324 e. The number of H-pyrrole nitrogens is 2. The standard InChI is InChI=1S/C32H4F12N10/c33-13-7-9(15(35)21(41)19(13)39)29-49-27(7)47-25-5-2-1-4(54-45)3-6(5)26(46-25)48-28-8-10(16(36)22(42)20(40)14(8)34)30(50-28)52-32-12-11(31(51-29)53-32)17(37)23(43)24(44)18(12)38/h1-3,45H/p+1. The van der Waals surface area contributed by atoms with E-state index in [1.807, 2.05) is 0 Å². The molecule has 2 aliphatic rings.